The first kappa shape index (κ1) is 21.1. The van der Waals surface area contributed by atoms with Crippen LogP contribution >= 0.6 is 0 Å². The zero-order valence-corrected chi connectivity index (χ0v) is 18.0. The molecule has 2 heterocycles. The Morgan fingerprint density at radius 3 is 2.45 bits per heavy atom. The lowest BCUT2D eigenvalue weighted by atomic mass is 9.88. The molecular formula is C23H32N2O4. The van der Waals surface area contributed by atoms with E-state index in [4.69, 9.17) is 9.47 Å². The summed E-state index contributed by atoms with van der Waals surface area (Å²) in [6, 6.07) is 7.26. The van der Waals surface area contributed by atoms with Crippen molar-refractivity contribution in [3.05, 3.63) is 41.7 Å². The fraction of sp³-hybridized carbons (Fsp3) is 0.522. The SMILES string of the molecule is COc1cc(O)c(C(CC(=O)N2C[C@H](C)C[C@H](C)C2)c2cccn2C)c(OC)c1. The third-order valence-corrected chi connectivity index (χ3v) is 5.84. The highest BCUT2D eigenvalue weighted by Crippen LogP contribution is 2.43. The number of piperidine rings is 1. The average molecular weight is 401 g/mol. The highest BCUT2D eigenvalue weighted by Gasteiger charge is 2.31. The molecular weight excluding hydrogens is 368 g/mol. The van der Waals surface area contributed by atoms with Gasteiger partial charge in [-0.25, -0.2) is 0 Å². The molecule has 1 aliphatic rings. The number of hydrogen-bond acceptors (Lipinski definition) is 4. The van der Waals surface area contributed by atoms with Crippen molar-refractivity contribution in [2.24, 2.45) is 18.9 Å². The molecule has 1 aromatic carbocycles. The number of ether oxygens (including phenoxy) is 2. The number of aromatic nitrogens is 1. The molecule has 1 amide bonds. The quantitative estimate of drug-likeness (QED) is 0.802. The molecule has 158 valence electrons. The Labute approximate surface area is 173 Å². The maximum Gasteiger partial charge on any atom is 0.223 e. The van der Waals surface area contributed by atoms with Crippen LogP contribution in [0.15, 0.2) is 30.5 Å². The second-order valence-corrected chi connectivity index (χ2v) is 8.31. The minimum Gasteiger partial charge on any atom is -0.507 e. The van der Waals surface area contributed by atoms with Gasteiger partial charge in [0.2, 0.25) is 5.91 Å². The second kappa shape index (κ2) is 8.80. The fourth-order valence-corrected chi connectivity index (χ4v) is 4.59. The van der Waals surface area contributed by atoms with Crippen LogP contribution in [0.3, 0.4) is 0 Å². The van der Waals surface area contributed by atoms with E-state index in [9.17, 15) is 9.90 Å². The van der Waals surface area contributed by atoms with Crippen LogP contribution < -0.4 is 9.47 Å². The summed E-state index contributed by atoms with van der Waals surface area (Å²) < 4.78 is 12.8. The van der Waals surface area contributed by atoms with Crippen LogP contribution in [0.1, 0.15) is 43.9 Å². The van der Waals surface area contributed by atoms with Gasteiger partial charge in [-0.05, 0) is 30.4 Å². The molecule has 6 heteroatoms. The third-order valence-electron chi connectivity index (χ3n) is 5.84. The molecule has 3 rings (SSSR count). The van der Waals surface area contributed by atoms with Crippen LogP contribution in [0.25, 0.3) is 0 Å². The number of amides is 1. The Bertz CT molecular complexity index is 851. The molecule has 3 atom stereocenters. The zero-order chi connectivity index (χ0) is 21.1. The Kier molecular flexibility index (Phi) is 6.40. The third kappa shape index (κ3) is 4.52. The number of methoxy groups -OCH3 is 2. The normalized spacial score (nSPS) is 20.4. The Morgan fingerprint density at radius 1 is 1.21 bits per heavy atom. The van der Waals surface area contributed by atoms with Gasteiger partial charge in [0.05, 0.1) is 14.2 Å². The number of rotatable bonds is 6. The number of likely N-dealkylation sites (tertiary alicyclic amines) is 1. The van der Waals surface area contributed by atoms with Crippen LogP contribution in [0.5, 0.6) is 17.2 Å². The van der Waals surface area contributed by atoms with Crippen LogP contribution in [0, 0.1) is 11.8 Å². The minimum atomic E-state index is -0.323. The highest BCUT2D eigenvalue weighted by atomic mass is 16.5. The molecule has 0 aliphatic carbocycles. The van der Waals surface area contributed by atoms with Gasteiger partial charge in [-0.1, -0.05) is 13.8 Å². The molecule has 0 bridgehead atoms. The molecule has 1 aromatic heterocycles. The lowest BCUT2D eigenvalue weighted by Gasteiger charge is -2.36. The smallest absolute Gasteiger partial charge is 0.223 e. The number of carbonyl (C=O) groups is 1. The van der Waals surface area contributed by atoms with Gasteiger partial charge in [0.25, 0.3) is 0 Å². The van der Waals surface area contributed by atoms with E-state index in [-0.39, 0.29) is 24.0 Å². The first-order valence-corrected chi connectivity index (χ1v) is 10.2. The maximum absolute atomic E-state index is 13.3. The first-order valence-electron chi connectivity index (χ1n) is 10.2. The van der Waals surface area contributed by atoms with Gasteiger partial charge < -0.3 is 24.0 Å². The summed E-state index contributed by atoms with van der Waals surface area (Å²) in [6.07, 6.45) is 3.37. The summed E-state index contributed by atoms with van der Waals surface area (Å²) in [7, 11) is 5.06. The lowest BCUT2D eigenvalue weighted by Crippen LogP contribution is -2.43. The standard InChI is InChI=1S/C23H32N2O4/c1-15-9-16(2)14-25(13-15)22(27)12-18(19-7-6-8-24(19)3)23-20(26)10-17(28-4)11-21(23)29-5/h6-8,10-11,15-16,18,26H,9,12-14H2,1-5H3/t15-,16+,18?. The van der Waals surface area contributed by atoms with E-state index in [0.29, 0.717) is 28.9 Å². The molecule has 2 aromatic rings. The lowest BCUT2D eigenvalue weighted by molar-refractivity contribution is -0.134. The molecule has 1 saturated heterocycles. The summed E-state index contributed by atoms with van der Waals surface area (Å²) in [4.78, 5) is 15.3. The van der Waals surface area contributed by atoms with E-state index < -0.39 is 0 Å². The number of phenols is 1. The van der Waals surface area contributed by atoms with Crippen molar-refractivity contribution in [2.75, 3.05) is 27.3 Å². The Morgan fingerprint density at radius 2 is 1.90 bits per heavy atom. The maximum atomic E-state index is 13.3. The summed E-state index contributed by atoms with van der Waals surface area (Å²) in [5.41, 5.74) is 1.57. The molecule has 0 radical (unpaired) electrons. The molecule has 0 spiro atoms. The second-order valence-electron chi connectivity index (χ2n) is 8.31. The number of carbonyl (C=O) groups excluding carboxylic acids is 1. The van der Waals surface area contributed by atoms with Crippen LogP contribution in [-0.2, 0) is 11.8 Å². The van der Waals surface area contributed by atoms with Crippen molar-refractivity contribution in [1.29, 1.82) is 0 Å². The van der Waals surface area contributed by atoms with Gasteiger partial charge in [-0.3, -0.25) is 4.79 Å². The molecule has 6 nitrogen and oxygen atoms in total. The number of nitrogens with zero attached hydrogens (tertiary/aromatic N) is 2. The predicted molar refractivity (Wildman–Crippen MR) is 113 cm³/mol. The van der Waals surface area contributed by atoms with Crippen molar-refractivity contribution in [3.63, 3.8) is 0 Å². The van der Waals surface area contributed by atoms with Crippen molar-refractivity contribution in [2.45, 2.75) is 32.6 Å². The number of aromatic hydroxyl groups is 1. The predicted octanol–water partition coefficient (Wildman–Crippen LogP) is 3.77. The summed E-state index contributed by atoms with van der Waals surface area (Å²) in [5.74, 6) is 1.88. The average Bonchev–Trinajstić information content (AvgIpc) is 3.10. The fourth-order valence-electron chi connectivity index (χ4n) is 4.59. The van der Waals surface area contributed by atoms with E-state index in [2.05, 4.69) is 13.8 Å². The van der Waals surface area contributed by atoms with Gasteiger partial charge >= 0.3 is 0 Å². The number of hydrogen-bond donors (Lipinski definition) is 1. The van der Waals surface area contributed by atoms with Gasteiger partial charge in [-0.15, -0.1) is 0 Å². The van der Waals surface area contributed by atoms with E-state index in [1.54, 1.807) is 26.4 Å². The van der Waals surface area contributed by atoms with Gasteiger partial charge in [0.1, 0.15) is 17.2 Å². The first-order chi connectivity index (χ1) is 13.8. The minimum absolute atomic E-state index is 0.0700. The van der Waals surface area contributed by atoms with Crippen LogP contribution in [-0.4, -0.2) is 47.8 Å². The zero-order valence-electron chi connectivity index (χ0n) is 18.0. The van der Waals surface area contributed by atoms with E-state index in [0.717, 1.165) is 25.2 Å². The number of aryl methyl sites for hydroxylation is 1. The molecule has 1 unspecified atom stereocenters. The Hall–Kier alpha value is -2.63. The molecule has 0 saturated carbocycles. The van der Waals surface area contributed by atoms with Crippen molar-refractivity contribution < 1.29 is 19.4 Å². The van der Waals surface area contributed by atoms with Crippen molar-refractivity contribution in [3.8, 4) is 17.2 Å². The summed E-state index contributed by atoms with van der Waals surface area (Å²) in [6.45, 7) is 5.97. The molecule has 1 fully saturated rings. The van der Waals surface area contributed by atoms with Gasteiger partial charge in [0, 0.05) is 62.1 Å². The van der Waals surface area contributed by atoms with Crippen LogP contribution in [0.4, 0.5) is 0 Å². The van der Waals surface area contributed by atoms with E-state index >= 15 is 0 Å². The number of benzene rings is 1. The highest BCUT2D eigenvalue weighted by molar-refractivity contribution is 5.78. The van der Waals surface area contributed by atoms with Crippen LogP contribution in [0.2, 0.25) is 0 Å². The van der Waals surface area contributed by atoms with Gasteiger partial charge in [0.15, 0.2) is 0 Å². The van der Waals surface area contributed by atoms with Crippen molar-refractivity contribution >= 4 is 5.91 Å². The van der Waals surface area contributed by atoms with Gasteiger partial charge in [-0.2, -0.15) is 0 Å². The van der Waals surface area contributed by atoms with Crippen molar-refractivity contribution in [1.82, 2.24) is 9.47 Å². The van der Waals surface area contributed by atoms with E-state index in [1.165, 1.54) is 0 Å². The topological polar surface area (TPSA) is 63.9 Å². The summed E-state index contributed by atoms with van der Waals surface area (Å²) in [5, 5.41) is 10.8. The number of phenolic OH excluding ortho intramolecular Hbond substituents is 1. The van der Waals surface area contributed by atoms with E-state index in [1.807, 2.05) is 34.8 Å². The summed E-state index contributed by atoms with van der Waals surface area (Å²) >= 11 is 0. The molecule has 1 N–H and O–H groups in total. The monoisotopic (exact) mass is 400 g/mol. The molecule has 29 heavy (non-hydrogen) atoms. The Balaban J connectivity index is 1.99. The molecule has 1 aliphatic heterocycles. The largest absolute Gasteiger partial charge is 0.507 e.